The second-order valence-corrected chi connectivity index (χ2v) is 5.47. The smallest absolute Gasteiger partial charge is 0.106 e. The predicted molar refractivity (Wildman–Crippen MR) is 72.7 cm³/mol. The highest BCUT2D eigenvalue weighted by atomic mass is 16.3. The standard InChI is InChI=1S/C15H20N2O/c1-10-16-14-8-5-12(9-15(14)17(10)2)11-3-6-13(18)7-4-11/h5,8-9,11,13,18H,3-4,6-7H2,1-2H3. The van der Waals surface area contributed by atoms with Gasteiger partial charge in [-0.2, -0.15) is 0 Å². The average molecular weight is 244 g/mol. The average Bonchev–Trinajstić information content (AvgIpc) is 2.66. The summed E-state index contributed by atoms with van der Waals surface area (Å²) in [5, 5.41) is 9.58. The quantitative estimate of drug-likeness (QED) is 0.837. The number of benzene rings is 1. The van der Waals surface area contributed by atoms with Crippen LogP contribution in [0.1, 0.15) is 43.0 Å². The van der Waals surface area contributed by atoms with Gasteiger partial charge < -0.3 is 9.67 Å². The van der Waals surface area contributed by atoms with Crippen LogP contribution in [0.25, 0.3) is 11.0 Å². The molecule has 2 aromatic rings. The number of rotatable bonds is 1. The summed E-state index contributed by atoms with van der Waals surface area (Å²) < 4.78 is 2.15. The van der Waals surface area contributed by atoms with Crippen molar-refractivity contribution < 1.29 is 5.11 Å². The lowest BCUT2D eigenvalue weighted by molar-refractivity contribution is 0.122. The Morgan fingerprint density at radius 3 is 2.67 bits per heavy atom. The van der Waals surface area contributed by atoms with Gasteiger partial charge in [-0.1, -0.05) is 6.07 Å². The molecule has 0 atom stereocenters. The van der Waals surface area contributed by atoms with Gasteiger partial charge in [-0.05, 0) is 56.2 Å². The lowest BCUT2D eigenvalue weighted by Gasteiger charge is -2.25. The number of aliphatic hydroxyl groups is 1. The zero-order valence-corrected chi connectivity index (χ0v) is 11.1. The highest BCUT2D eigenvalue weighted by Gasteiger charge is 2.21. The lowest BCUT2D eigenvalue weighted by atomic mass is 9.83. The number of nitrogens with zero attached hydrogens (tertiary/aromatic N) is 2. The van der Waals surface area contributed by atoms with Gasteiger partial charge >= 0.3 is 0 Å². The van der Waals surface area contributed by atoms with Gasteiger partial charge in [-0.15, -0.1) is 0 Å². The fourth-order valence-corrected chi connectivity index (χ4v) is 2.99. The van der Waals surface area contributed by atoms with Gasteiger partial charge in [0.05, 0.1) is 17.1 Å². The summed E-state index contributed by atoms with van der Waals surface area (Å²) in [6.07, 6.45) is 4.00. The normalized spacial score (nSPS) is 24.6. The van der Waals surface area contributed by atoms with E-state index >= 15 is 0 Å². The van der Waals surface area contributed by atoms with Crippen molar-refractivity contribution >= 4 is 11.0 Å². The topological polar surface area (TPSA) is 38.1 Å². The van der Waals surface area contributed by atoms with Crippen LogP contribution >= 0.6 is 0 Å². The molecule has 1 aliphatic rings. The van der Waals surface area contributed by atoms with E-state index in [2.05, 4.69) is 34.8 Å². The monoisotopic (exact) mass is 244 g/mol. The van der Waals surface area contributed by atoms with Crippen LogP contribution in [-0.2, 0) is 7.05 Å². The SMILES string of the molecule is Cc1nc2ccc(C3CCC(O)CC3)cc2n1C. The van der Waals surface area contributed by atoms with Gasteiger partial charge in [0.2, 0.25) is 0 Å². The zero-order chi connectivity index (χ0) is 12.7. The Morgan fingerprint density at radius 1 is 1.22 bits per heavy atom. The van der Waals surface area contributed by atoms with Crippen molar-refractivity contribution in [1.29, 1.82) is 0 Å². The fraction of sp³-hybridized carbons (Fsp3) is 0.533. The number of aliphatic hydroxyl groups excluding tert-OH is 1. The van der Waals surface area contributed by atoms with E-state index < -0.39 is 0 Å². The molecule has 96 valence electrons. The van der Waals surface area contributed by atoms with Crippen molar-refractivity contribution in [3.8, 4) is 0 Å². The largest absolute Gasteiger partial charge is 0.393 e. The van der Waals surface area contributed by atoms with Gasteiger partial charge in [-0.3, -0.25) is 0 Å². The van der Waals surface area contributed by atoms with Crippen LogP contribution in [-0.4, -0.2) is 20.8 Å². The van der Waals surface area contributed by atoms with Crippen molar-refractivity contribution in [3.05, 3.63) is 29.6 Å². The van der Waals surface area contributed by atoms with Crippen LogP contribution in [0.3, 0.4) is 0 Å². The molecule has 0 aliphatic heterocycles. The Labute approximate surface area is 107 Å². The molecule has 1 aromatic carbocycles. The molecule has 1 aromatic heterocycles. The number of aromatic nitrogens is 2. The molecular formula is C15H20N2O. The first-order valence-corrected chi connectivity index (χ1v) is 6.76. The van der Waals surface area contributed by atoms with E-state index in [1.807, 2.05) is 6.92 Å². The van der Waals surface area contributed by atoms with Gasteiger partial charge in [0.1, 0.15) is 5.82 Å². The van der Waals surface area contributed by atoms with Crippen molar-refractivity contribution in [2.75, 3.05) is 0 Å². The van der Waals surface area contributed by atoms with Crippen molar-refractivity contribution in [3.63, 3.8) is 0 Å². The number of hydrogen-bond donors (Lipinski definition) is 1. The van der Waals surface area contributed by atoms with Crippen LogP contribution in [0, 0.1) is 6.92 Å². The minimum Gasteiger partial charge on any atom is -0.393 e. The third kappa shape index (κ3) is 1.93. The molecule has 0 bridgehead atoms. The van der Waals surface area contributed by atoms with E-state index in [-0.39, 0.29) is 6.10 Å². The number of hydrogen-bond acceptors (Lipinski definition) is 2. The molecule has 0 unspecified atom stereocenters. The van der Waals surface area contributed by atoms with Crippen LogP contribution < -0.4 is 0 Å². The van der Waals surface area contributed by atoms with E-state index in [0.29, 0.717) is 5.92 Å². The Morgan fingerprint density at radius 2 is 1.94 bits per heavy atom. The Hall–Kier alpha value is -1.35. The summed E-state index contributed by atoms with van der Waals surface area (Å²) in [6, 6.07) is 6.61. The molecule has 3 rings (SSSR count). The summed E-state index contributed by atoms with van der Waals surface area (Å²) in [4.78, 5) is 4.53. The van der Waals surface area contributed by atoms with E-state index in [1.54, 1.807) is 0 Å². The summed E-state index contributed by atoms with van der Waals surface area (Å²) in [5.74, 6) is 1.66. The fourth-order valence-electron chi connectivity index (χ4n) is 2.99. The number of fused-ring (bicyclic) bond motifs is 1. The third-order valence-corrected chi connectivity index (χ3v) is 4.30. The Kier molecular flexibility index (Phi) is 2.86. The first-order valence-electron chi connectivity index (χ1n) is 6.76. The maximum atomic E-state index is 9.58. The van der Waals surface area contributed by atoms with E-state index in [1.165, 1.54) is 11.1 Å². The summed E-state index contributed by atoms with van der Waals surface area (Å²) in [6.45, 7) is 2.04. The first kappa shape index (κ1) is 11.7. The lowest BCUT2D eigenvalue weighted by Crippen LogP contribution is -2.16. The predicted octanol–water partition coefficient (Wildman–Crippen LogP) is 2.90. The van der Waals surface area contributed by atoms with E-state index in [9.17, 15) is 5.11 Å². The Balaban J connectivity index is 1.95. The highest BCUT2D eigenvalue weighted by molar-refractivity contribution is 5.77. The van der Waals surface area contributed by atoms with Crippen LogP contribution in [0.2, 0.25) is 0 Å². The van der Waals surface area contributed by atoms with Crippen molar-refractivity contribution in [2.45, 2.75) is 44.6 Å². The number of imidazole rings is 1. The number of aryl methyl sites for hydroxylation is 2. The molecule has 0 saturated heterocycles. The molecule has 1 N–H and O–H groups in total. The molecule has 18 heavy (non-hydrogen) atoms. The zero-order valence-electron chi connectivity index (χ0n) is 11.1. The molecule has 3 nitrogen and oxygen atoms in total. The van der Waals surface area contributed by atoms with Gasteiger partial charge in [0, 0.05) is 7.05 Å². The molecule has 1 aliphatic carbocycles. The van der Waals surface area contributed by atoms with E-state index in [0.717, 1.165) is 37.0 Å². The third-order valence-electron chi connectivity index (χ3n) is 4.30. The summed E-state index contributed by atoms with van der Waals surface area (Å²) in [7, 11) is 2.07. The second-order valence-electron chi connectivity index (χ2n) is 5.47. The molecular weight excluding hydrogens is 224 g/mol. The molecule has 3 heteroatoms. The van der Waals surface area contributed by atoms with Crippen molar-refractivity contribution in [2.24, 2.45) is 7.05 Å². The maximum absolute atomic E-state index is 9.58. The van der Waals surface area contributed by atoms with Crippen LogP contribution in [0.4, 0.5) is 0 Å². The molecule has 0 radical (unpaired) electrons. The Bertz CT molecular complexity index is 565. The minimum atomic E-state index is -0.0797. The summed E-state index contributed by atoms with van der Waals surface area (Å²) >= 11 is 0. The molecule has 0 amide bonds. The highest BCUT2D eigenvalue weighted by Crippen LogP contribution is 2.34. The molecule has 1 saturated carbocycles. The van der Waals surface area contributed by atoms with E-state index in [4.69, 9.17) is 0 Å². The second kappa shape index (κ2) is 4.39. The molecule has 1 fully saturated rings. The first-order chi connectivity index (χ1) is 8.65. The van der Waals surface area contributed by atoms with Crippen LogP contribution in [0.15, 0.2) is 18.2 Å². The minimum absolute atomic E-state index is 0.0797. The van der Waals surface area contributed by atoms with Gasteiger partial charge in [-0.25, -0.2) is 4.98 Å². The summed E-state index contributed by atoms with van der Waals surface area (Å²) in [5.41, 5.74) is 3.70. The van der Waals surface area contributed by atoms with Crippen molar-refractivity contribution in [1.82, 2.24) is 9.55 Å². The maximum Gasteiger partial charge on any atom is 0.106 e. The van der Waals surface area contributed by atoms with Gasteiger partial charge in [0.25, 0.3) is 0 Å². The molecule has 0 spiro atoms. The molecule has 1 heterocycles. The van der Waals surface area contributed by atoms with Crippen LogP contribution in [0.5, 0.6) is 0 Å². The van der Waals surface area contributed by atoms with Gasteiger partial charge in [0.15, 0.2) is 0 Å².